The summed E-state index contributed by atoms with van der Waals surface area (Å²) < 4.78 is 0. The molecule has 0 aliphatic heterocycles. The maximum absolute atomic E-state index is 12.1. The van der Waals surface area contributed by atoms with Gasteiger partial charge in [0.05, 0.1) is 0 Å². The van der Waals surface area contributed by atoms with E-state index in [0.717, 1.165) is 0 Å². The number of nitrogens with one attached hydrogen (secondary N) is 1. The Hall–Kier alpha value is -3.17. The van der Waals surface area contributed by atoms with Crippen LogP contribution in [0.25, 0.3) is 0 Å². The lowest BCUT2D eigenvalue weighted by Crippen LogP contribution is -2.12. The summed E-state index contributed by atoms with van der Waals surface area (Å²) in [5, 5.41) is 2.75. The van der Waals surface area contributed by atoms with Gasteiger partial charge in [0, 0.05) is 28.1 Å². The molecule has 2 rings (SSSR count). The molecule has 0 bridgehead atoms. The number of hydrogen-bond acceptors (Lipinski definition) is 2. The number of carbonyl (C=O) groups excluding carboxylic acids is 1. The van der Waals surface area contributed by atoms with E-state index in [-0.39, 0.29) is 5.91 Å². The third kappa shape index (κ3) is 2.80. The van der Waals surface area contributed by atoms with Crippen LogP contribution in [0.3, 0.4) is 0 Å². The molecule has 3 heteroatoms. The lowest BCUT2D eigenvalue weighted by Gasteiger charge is -2.07. The Morgan fingerprint density at radius 3 is 2.45 bits per heavy atom. The van der Waals surface area contributed by atoms with Crippen LogP contribution >= 0.6 is 0 Å². The molecular formula is C17H12N2O. The molecule has 2 aromatic carbocycles. The van der Waals surface area contributed by atoms with Crippen molar-refractivity contribution >= 4 is 17.3 Å². The van der Waals surface area contributed by atoms with Gasteiger partial charge in [0.1, 0.15) is 0 Å². The highest BCUT2D eigenvalue weighted by Crippen LogP contribution is 2.16. The number of benzene rings is 2. The molecule has 0 saturated heterocycles. The SMILES string of the molecule is C#Cc1ccc(NC(=O)c2cccc(N)c2)cc1C#C. The Labute approximate surface area is 117 Å². The van der Waals surface area contributed by atoms with E-state index in [4.69, 9.17) is 18.6 Å². The minimum atomic E-state index is -0.256. The summed E-state index contributed by atoms with van der Waals surface area (Å²) >= 11 is 0. The zero-order chi connectivity index (χ0) is 14.5. The van der Waals surface area contributed by atoms with Gasteiger partial charge in [-0.1, -0.05) is 17.9 Å². The molecule has 3 N–H and O–H groups in total. The Morgan fingerprint density at radius 1 is 1.05 bits per heavy atom. The molecule has 0 heterocycles. The molecule has 20 heavy (non-hydrogen) atoms. The Morgan fingerprint density at radius 2 is 1.80 bits per heavy atom. The smallest absolute Gasteiger partial charge is 0.255 e. The third-order valence-electron chi connectivity index (χ3n) is 2.74. The molecule has 0 aliphatic carbocycles. The van der Waals surface area contributed by atoms with Gasteiger partial charge in [-0.3, -0.25) is 4.79 Å². The van der Waals surface area contributed by atoms with Crippen LogP contribution in [0.1, 0.15) is 21.5 Å². The number of nitrogens with two attached hydrogens (primary N) is 1. The molecule has 1 amide bonds. The number of rotatable bonds is 2. The molecule has 0 spiro atoms. The van der Waals surface area contributed by atoms with Gasteiger partial charge in [0.15, 0.2) is 0 Å². The van der Waals surface area contributed by atoms with Crippen molar-refractivity contribution in [3.05, 3.63) is 59.2 Å². The predicted octanol–water partition coefficient (Wildman–Crippen LogP) is 2.48. The Bertz CT molecular complexity index is 748. The first-order valence-electron chi connectivity index (χ1n) is 5.88. The summed E-state index contributed by atoms with van der Waals surface area (Å²) in [7, 11) is 0. The molecule has 0 atom stereocenters. The molecule has 2 aromatic rings. The number of anilines is 2. The molecule has 0 aromatic heterocycles. The Balaban J connectivity index is 2.25. The van der Waals surface area contributed by atoms with Crippen LogP contribution in [0.5, 0.6) is 0 Å². The van der Waals surface area contributed by atoms with Crippen LogP contribution in [0, 0.1) is 24.7 Å². The summed E-state index contributed by atoms with van der Waals surface area (Å²) in [5.41, 5.74) is 8.43. The second-order valence-electron chi connectivity index (χ2n) is 4.13. The highest BCUT2D eigenvalue weighted by molar-refractivity contribution is 6.04. The van der Waals surface area contributed by atoms with Gasteiger partial charge < -0.3 is 11.1 Å². The molecule has 0 aliphatic rings. The van der Waals surface area contributed by atoms with Gasteiger partial charge in [-0.25, -0.2) is 0 Å². The van der Waals surface area contributed by atoms with Gasteiger partial charge >= 0.3 is 0 Å². The fourth-order valence-corrected chi connectivity index (χ4v) is 1.75. The predicted molar refractivity (Wildman–Crippen MR) is 81.1 cm³/mol. The first kappa shape index (κ1) is 13.3. The van der Waals surface area contributed by atoms with Crippen LogP contribution in [0.15, 0.2) is 42.5 Å². The van der Waals surface area contributed by atoms with Crippen molar-refractivity contribution in [3.63, 3.8) is 0 Å². The molecule has 0 fully saturated rings. The molecular weight excluding hydrogens is 248 g/mol. The van der Waals surface area contributed by atoms with Crippen LogP contribution < -0.4 is 11.1 Å². The molecule has 0 saturated carbocycles. The van der Waals surface area contributed by atoms with Crippen molar-refractivity contribution in [2.45, 2.75) is 0 Å². The van der Waals surface area contributed by atoms with Gasteiger partial charge in [-0.05, 0) is 36.4 Å². The summed E-state index contributed by atoms with van der Waals surface area (Å²) in [6.45, 7) is 0. The van der Waals surface area contributed by atoms with Gasteiger partial charge in [0.2, 0.25) is 0 Å². The largest absolute Gasteiger partial charge is 0.399 e. The lowest BCUT2D eigenvalue weighted by molar-refractivity contribution is 0.102. The van der Waals surface area contributed by atoms with Crippen molar-refractivity contribution in [2.75, 3.05) is 11.1 Å². The summed E-state index contributed by atoms with van der Waals surface area (Å²) in [6, 6.07) is 11.8. The van der Waals surface area contributed by atoms with E-state index >= 15 is 0 Å². The van der Waals surface area contributed by atoms with Gasteiger partial charge in [0.25, 0.3) is 5.91 Å². The standard InChI is InChI=1S/C17H12N2O/c1-3-12-8-9-16(11-13(12)4-2)19-17(20)14-6-5-7-15(18)10-14/h1-2,5-11H,18H2,(H,19,20). The van der Waals surface area contributed by atoms with E-state index < -0.39 is 0 Å². The van der Waals surface area contributed by atoms with Gasteiger partial charge in [-0.15, -0.1) is 12.8 Å². The number of amides is 1. The summed E-state index contributed by atoms with van der Waals surface area (Å²) in [6.07, 6.45) is 10.7. The molecule has 96 valence electrons. The topological polar surface area (TPSA) is 55.1 Å². The van der Waals surface area contributed by atoms with E-state index in [9.17, 15) is 4.79 Å². The van der Waals surface area contributed by atoms with Crippen LogP contribution in [-0.2, 0) is 0 Å². The highest BCUT2D eigenvalue weighted by Gasteiger charge is 2.07. The monoisotopic (exact) mass is 260 g/mol. The number of hydrogen-bond donors (Lipinski definition) is 2. The molecule has 3 nitrogen and oxygen atoms in total. The van der Waals surface area contributed by atoms with Gasteiger partial charge in [-0.2, -0.15) is 0 Å². The van der Waals surface area contributed by atoms with Crippen molar-refractivity contribution in [2.24, 2.45) is 0 Å². The molecule has 0 unspecified atom stereocenters. The maximum atomic E-state index is 12.1. The van der Waals surface area contributed by atoms with E-state index in [1.54, 1.807) is 42.5 Å². The summed E-state index contributed by atoms with van der Waals surface area (Å²) in [5.74, 6) is 4.73. The molecule has 0 radical (unpaired) electrons. The number of carbonyl (C=O) groups is 1. The average molecular weight is 260 g/mol. The second-order valence-corrected chi connectivity index (χ2v) is 4.13. The fraction of sp³-hybridized carbons (Fsp3) is 0. The Kier molecular flexibility index (Phi) is 3.75. The first-order valence-corrected chi connectivity index (χ1v) is 5.88. The van der Waals surface area contributed by atoms with E-state index in [2.05, 4.69) is 17.2 Å². The van der Waals surface area contributed by atoms with Crippen LogP contribution in [0.4, 0.5) is 11.4 Å². The summed E-state index contributed by atoms with van der Waals surface area (Å²) in [4.78, 5) is 12.1. The average Bonchev–Trinajstić information content (AvgIpc) is 2.47. The number of nitrogen functional groups attached to an aromatic ring is 1. The van der Waals surface area contributed by atoms with Crippen LogP contribution in [0.2, 0.25) is 0 Å². The minimum Gasteiger partial charge on any atom is -0.399 e. The highest BCUT2D eigenvalue weighted by atomic mass is 16.1. The van der Waals surface area contributed by atoms with E-state index in [1.165, 1.54) is 0 Å². The van der Waals surface area contributed by atoms with Crippen molar-refractivity contribution in [1.82, 2.24) is 0 Å². The van der Waals surface area contributed by atoms with Crippen molar-refractivity contribution < 1.29 is 4.79 Å². The quantitative estimate of drug-likeness (QED) is 0.644. The third-order valence-corrected chi connectivity index (χ3v) is 2.74. The van der Waals surface area contributed by atoms with E-state index in [1.807, 2.05) is 0 Å². The first-order chi connectivity index (χ1) is 9.63. The minimum absolute atomic E-state index is 0.256. The number of terminal acetylenes is 2. The zero-order valence-corrected chi connectivity index (χ0v) is 10.7. The maximum Gasteiger partial charge on any atom is 0.255 e. The van der Waals surface area contributed by atoms with Crippen LogP contribution in [-0.4, -0.2) is 5.91 Å². The van der Waals surface area contributed by atoms with E-state index in [0.29, 0.717) is 28.1 Å². The van der Waals surface area contributed by atoms with Crippen molar-refractivity contribution in [1.29, 1.82) is 0 Å². The second kappa shape index (κ2) is 5.65. The lowest BCUT2D eigenvalue weighted by atomic mass is 10.1. The normalized spacial score (nSPS) is 9.30. The van der Waals surface area contributed by atoms with Crippen molar-refractivity contribution in [3.8, 4) is 24.7 Å². The zero-order valence-electron chi connectivity index (χ0n) is 10.7. The fourth-order valence-electron chi connectivity index (χ4n) is 1.75.